The summed E-state index contributed by atoms with van der Waals surface area (Å²) in [7, 11) is -8.25. The highest BCUT2D eigenvalue weighted by Gasteiger charge is 2.65. The fraction of sp³-hybridized carbons (Fsp3) is 0.0909. The number of methoxy groups -OCH3 is 1. The van der Waals surface area contributed by atoms with E-state index >= 15 is 0 Å². The maximum Gasteiger partial charge on any atom is 0.310 e. The zero-order chi connectivity index (χ0) is 24.6. The third-order valence-corrected chi connectivity index (χ3v) is 5.89. The molecule has 0 unspecified atom stereocenters. The Kier molecular flexibility index (Phi) is 5.24. The van der Waals surface area contributed by atoms with Gasteiger partial charge in [-0.3, -0.25) is 0 Å². The summed E-state index contributed by atoms with van der Waals surface area (Å²) in [6, 6.07) is 13.0. The van der Waals surface area contributed by atoms with Gasteiger partial charge < -0.3 is 19.9 Å². The van der Waals surface area contributed by atoms with Gasteiger partial charge in [0.2, 0.25) is 0 Å². The summed E-state index contributed by atoms with van der Waals surface area (Å²) in [5, 5.41) is 5.72. The second-order valence-corrected chi connectivity index (χ2v) is 9.87. The SMILES string of the molecule is COc1cc(Nc2cccc(Nc3cccc(S(F)(F)(F)(F)F)c3)n2)ccc1-n1cnc(C)c1. The second-order valence-electron chi connectivity index (χ2n) is 7.46. The third-order valence-electron chi connectivity index (χ3n) is 4.74. The zero-order valence-electron chi connectivity index (χ0n) is 18.0. The van der Waals surface area contributed by atoms with E-state index in [-0.39, 0.29) is 11.5 Å². The topological polar surface area (TPSA) is 64.0 Å². The Morgan fingerprint density at radius 3 is 2.09 bits per heavy atom. The van der Waals surface area contributed by atoms with Gasteiger partial charge in [0.1, 0.15) is 22.3 Å². The van der Waals surface area contributed by atoms with Crippen LogP contribution >= 0.6 is 10.2 Å². The average Bonchev–Trinajstić information content (AvgIpc) is 3.18. The number of nitrogens with zero attached hydrogens (tertiary/aromatic N) is 3. The van der Waals surface area contributed by atoms with E-state index in [4.69, 9.17) is 4.74 Å². The zero-order valence-corrected chi connectivity index (χ0v) is 18.8. The van der Waals surface area contributed by atoms with Crippen LogP contribution in [-0.4, -0.2) is 21.6 Å². The van der Waals surface area contributed by atoms with Crippen LogP contribution in [0.4, 0.5) is 42.4 Å². The van der Waals surface area contributed by atoms with E-state index in [1.807, 2.05) is 23.8 Å². The van der Waals surface area contributed by atoms with Crippen molar-refractivity contribution in [3.05, 3.63) is 78.9 Å². The van der Waals surface area contributed by atoms with Crippen LogP contribution in [0.2, 0.25) is 0 Å². The summed E-state index contributed by atoms with van der Waals surface area (Å²) in [4.78, 5) is 6.52. The van der Waals surface area contributed by atoms with E-state index in [2.05, 4.69) is 20.6 Å². The van der Waals surface area contributed by atoms with Crippen molar-refractivity contribution < 1.29 is 24.2 Å². The van der Waals surface area contributed by atoms with Crippen LogP contribution in [0.3, 0.4) is 0 Å². The molecule has 180 valence electrons. The monoisotopic (exact) mass is 497 g/mol. The maximum absolute atomic E-state index is 13.1. The highest BCUT2D eigenvalue weighted by molar-refractivity contribution is 8.45. The van der Waals surface area contributed by atoms with Crippen LogP contribution in [0.1, 0.15) is 5.69 Å². The molecule has 2 heterocycles. The number of anilines is 4. The normalized spacial score (nSPS) is 13.6. The highest BCUT2D eigenvalue weighted by atomic mass is 32.5. The first kappa shape index (κ1) is 23.4. The molecule has 0 aliphatic rings. The number of nitrogens with one attached hydrogen (secondary N) is 2. The van der Waals surface area contributed by atoms with Crippen LogP contribution < -0.4 is 15.4 Å². The molecule has 0 atom stereocenters. The summed E-state index contributed by atoms with van der Waals surface area (Å²) >= 11 is 0. The number of hydrogen-bond donors (Lipinski definition) is 2. The van der Waals surface area contributed by atoms with E-state index in [1.165, 1.54) is 19.2 Å². The summed E-state index contributed by atoms with van der Waals surface area (Å²) in [6.45, 7) is 1.87. The van der Waals surface area contributed by atoms with Gasteiger partial charge in [0.25, 0.3) is 0 Å². The molecule has 0 bridgehead atoms. The Morgan fingerprint density at radius 1 is 0.853 bits per heavy atom. The van der Waals surface area contributed by atoms with Gasteiger partial charge in [-0.1, -0.05) is 31.6 Å². The standard InChI is InChI=1S/C22H20F5N5OS/c1-15-13-32(14-28-15)19-10-9-17(12-20(19)33-2)30-22-8-4-7-21(31-22)29-16-5-3-6-18(11-16)34(23,24,25,26)27/h3-14H,1-2H3,(H2,29,30,31). The van der Waals surface area contributed by atoms with Crippen molar-refractivity contribution in [1.29, 1.82) is 0 Å². The fourth-order valence-electron chi connectivity index (χ4n) is 3.21. The first-order valence-electron chi connectivity index (χ1n) is 9.85. The van der Waals surface area contributed by atoms with E-state index in [0.29, 0.717) is 29.4 Å². The average molecular weight is 497 g/mol. The molecule has 0 radical (unpaired) electrons. The van der Waals surface area contributed by atoms with Gasteiger partial charge in [-0.2, -0.15) is 0 Å². The Balaban J connectivity index is 1.55. The number of ether oxygens (including phenoxy) is 1. The first-order valence-corrected chi connectivity index (χ1v) is 11.8. The van der Waals surface area contributed by atoms with Crippen molar-refractivity contribution in [3.8, 4) is 11.4 Å². The van der Waals surface area contributed by atoms with Gasteiger partial charge in [-0.15, -0.1) is 0 Å². The molecule has 0 fully saturated rings. The molecular formula is C22H20F5N5OS. The number of aromatic nitrogens is 3. The molecular weight excluding hydrogens is 477 g/mol. The lowest BCUT2D eigenvalue weighted by Gasteiger charge is -2.40. The summed E-state index contributed by atoms with van der Waals surface area (Å²) in [5.74, 6) is 1.12. The van der Waals surface area contributed by atoms with Crippen molar-refractivity contribution in [2.24, 2.45) is 0 Å². The lowest BCUT2D eigenvalue weighted by Crippen LogP contribution is -2.06. The molecule has 0 aliphatic heterocycles. The number of imidazole rings is 1. The van der Waals surface area contributed by atoms with Gasteiger partial charge in [0.15, 0.2) is 0 Å². The Morgan fingerprint density at radius 2 is 1.50 bits per heavy atom. The largest absolute Gasteiger partial charge is 0.494 e. The number of pyridine rings is 1. The van der Waals surface area contributed by atoms with Crippen molar-refractivity contribution >= 4 is 33.2 Å². The van der Waals surface area contributed by atoms with Gasteiger partial charge in [-0.05, 0) is 49.4 Å². The fourth-order valence-corrected chi connectivity index (χ4v) is 3.89. The summed E-state index contributed by atoms with van der Waals surface area (Å²) < 4.78 is 72.8. The number of aryl methyl sites for hydroxylation is 1. The van der Waals surface area contributed by atoms with Crippen molar-refractivity contribution in [2.45, 2.75) is 11.8 Å². The predicted octanol–water partition coefficient (Wildman–Crippen LogP) is 7.73. The lowest BCUT2D eigenvalue weighted by atomic mass is 10.2. The quantitative estimate of drug-likeness (QED) is 0.256. The minimum absolute atomic E-state index is 0.168. The third kappa shape index (κ3) is 5.39. The lowest BCUT2D eigenvalue weighted by molar-refractivity contribution is 0.364. The molecule has 0 amide bonds. The van der Waals surface area contributed by atoms with E-state index < -0.39 is 15.1 Å². The van der Waals surface area contributed by atoms with Crippen molar-refractivity contribution in [1.82, 2.24) is 14.5 Å². The Labute approximate surface area is 192 Å². The Bertz CT molecular complexity index is 1360. The van der Waals surface area contributed by atoms with E-state index in [0.717, 1.165) is 17.4 Å². The number of benzene rings is 2. The second kappa shape index (κ2) is 7.62. The van der Waals surface area contributed by atoms with Crippen LogP contribution in [0.25, 0.3) is 5.69 Å². The molecule has 4 aromatic rings. The van der Waals surface area contributed by atoms with Crippen molar-refractivity contribution in [2.75, 3.05) is 17.7 Å². The molecule has 4 rings (SSSR count). The predicted molar refractivity (Wildman–Crippen MR) is 123 cm³/mol. The Hall–Kier alpha value is -3.80. The van der Waals surface area contributed by atoms with Crippen LogP contribution in [0.15, 0.2) is 78.1 Å². The molecule has 2 aromatic heterocycles. The molecule has 34 heavy (non-hydrogen) atoms. The van der Waals surface area contributed by atoms with Gasteiger partial charge >= 0.3 is 10.2 Å². The summed E-state index contributed by atoms with van der Waals surface area (Å²) in [5.41, 5.74) is 2.10. The minimum atomic E-state index is -9.79. The molecule has 2 N–H and O–H groups in total. The molecule has 0 saturated carbocycles. The minimum Gasteiger partial charge on any atom is -0.494 e. The van der Waals surface area contributed by atoms with Crippen LogP contribution in [-0.2, 0) is 0 Å². The molecule has 6 nitrogen and oxygen atoms in total. The van der Waals surface area contributed by atoms with E-state index in [1.54, 1.807) is 30.6 Å². The van der Waals surface area contributed by atoms with Gasteiger partial charge in [-0.25, -0.2) is 9.97 Å². The first-order chi connectivity index (χ1) is 15.8. The molecule has 0 saturated heterocycles. The highest BCUT2D eigenvalue weighted by Crippen LogP contribution is 3.02. The van der Waals surface area contributed by atoms with Gasteiger partial charge in [0, 0.05) is 23.6 Å². The van der Waals surface area contributed by atoms with E-state index in [9.17, 15) is 19.4 Å². The smallest absolute Gasteiger partial charge is 0.310 e. The van der Waals surface area contributed by atoms with Crippen molar-refractivity contribution in [3.63, 3.8) is 0 Å². The maximum atomic E-state index is 13.1. The molecule has 2 aromatic carbocycles. The number of halogens is 5. The molecule has 0 spiro atoms. The van der Waals surface area contributed by atoms with Crippen LogP contribution in [0.5, 0.6) is 5.75 Å². The van der Waals surface area contributed by atoms with Gasteiger partial charge in [0.05, 0.1) is 24.8 Å². The number of hydrogen-bond acceptors (Lipinski definition) is 5. The molecule has 0 aliphatic carbocycles. The number of rotatable bonds is 7. The van der Waals surface area contributed by atoms with Crippen LogP contribution in [0, 0.1) is 6.92 Å². The molecule has 12 heteroatoms. The summed E-state index contributed by atoms with van der Waals surface area (Å²) in [6.07, 6.45) is 3.52.